The van der Waals surface area contributed by atoms with Crippen LogP contribution in [0.2, 0.25) is 0 Å². The Bertz CT molecular complexity index is 1340. The molecule has 9 heteroatoms. The highest BCUT2D eigenvalue weighted by Crippen LogP contribution is 2.28. The van der Waals surface area contributed by atoms with Gasteiger partial charge in [-0.1, -0.05) is 36.4 Å². The number of hydrogen-bond donors (Lipinski definition) is 1. The van der Waals surface area contributed by atoms with Gasteiger partial charge in [0.1, 0.15) is 18.4 Å². The molecule has 1 aliphatic heterocycles. The molecular formula is C20H14N6O3. The molecule has 0 radical (unpaired) electrons. The number of carbonyl (C=O) groups excluding carboxylic acids is 1. The van der Waals surface area contributed by atoms with Crippen molar-refractivity contribution < 1.29 is 9.90 Å². The van der Waals surface area contributed by atoms with Gasteiger partial charge in [-0.2, -0.15) is 14.9 Å². The lowest BCUT2D eigenvalue weighted by Crippen LogP contribution is -2.31. The van der Waals surface area contributed by atoms with E-state index in [0.29, 0.717) is 16.9 Å². The fourth-order valence-electron chi connectivity index (χ4n) is 3.34. The molecule has 29 heavy (non-hydrogen) atoms. The maximum absolute atomic E-state index is 12.9. The van der Waals surface area contributed by atoms with Gasteiger partial charge in [0.05, 0.1) is 17.6 Å². The van der Waals surface area contributed by atoms with Crippen molar-refractivity contribution in [2.75, 3.05) is 11.6 Å². The number of benzene rings is 2. The van der Waals surface area contributed by atoms with E-state index in [1.807, 2.05) is 30.3 Å². The van der Waals surface area contributed by atoms with Crippen LogP contribution in [-0.2, 0) is 4.79 Å². The lowest BCUT2D eigenvalue weighted by molar-refractivity contribution is -0.112. The van der Waals surface area contributed by atoms with Crippen LogP contribution < -0.4 is 10.5 Å². The van der Waals surface area contributed by atoms with Crippen molar-refractivity contribution in [1.29, 1.82) is 0 Å². The molecule has 5 rings (SSSR count). The highest BCUT2D eigenvalue weighted by Gasteiger charge is 2.33. The second kappa shape index (κ2) is 6.50. The zero-order valence-electron chi connectivity index (χ0n) is 15.0. The maximum atomic E-state index is 12.9. The van der Waals surface area contributed by atoms with Crippen molar-refractivity contribution in [2.24, 2.45) is 5.10 Å². The minimum absolute atomic E-state index is 0.0633. The monoisotopic (exact) mass is 386 g/mol. The predicted octanol–water partition coefficient (Wildman–Crippen LogP) is 1.13. The fraction of sp³-hybridized carbons (Fsp3) is 0.0500. The third kappa shape index (κ3) is 2.56. The number of rotatable bonds is 3. The second-order valence-electron chi connectivity index (χ2n) is 6.36. The Labute approximate surface area is 163 Å². The topological polar surface area (TPSA) is 106 Å². The first-order valence-electron chi connectivity index (χ1n) is 8.81. The van der Waals surface area contributed by atoms with Crippen molar-refractivity contribution in [3.05, 3.63) is 83.0 Å². The highest BCUT2D eigenvalue weighted by molar-refractivity contribution is 6.54. The Kier molecular flexibility index (Phi) is 3.81. The van der Waals surface area contributed by atoms with Crippen LogP contribution >= 0.6 is 0 Å². The molecule has 0 fully saturated rings. The zero-order valence-corrected chi connectivity index (χ0v) is 15.0. The summed E-state index contributed by atoms with van der Waals surface area (Å²) in [6.45, 7) is -0.481. The van der Waals surface area contributed by atoms with Gasteiger partial charge in [-0.15, -0.1) is 0 Å². The lowest BCUT2D eigenvalue weighted by atomic mass is 10.1. The number of nitrogens with zero attached hydrogens (tertiary/aromatic N) is 6. The van der Waals surface area contributed by atoms with Crippen molar-refractivity contribution >= 4 is 28.3 Å². The van der Waals surface area contributed by atoms with Crippen molar-refractivity contribution in [2.45, 2.75) is 0 Å². The van der Waals surface area contributed by atoms with Gasteiger partial charge in [0, 0.05) is 5.56 Å². The maximum Gasteiger partial charge on any atom is 0.285 e. The third-order valence-corrected chi connectivity index (χ3v) is 4.72. The van der Waals surface area contributed by atoms with Gasteiger partial charge in [-0.3, -0.25) is 14.5 Å². The minimum Gasteiger partial charge on any atom is -0.376 e. The molecule has 1 N–H and O–H groups in total. The minimum atomic E-state index is -0.485. The van der Waals surface area contributed by atoms with Gasteiger partial charge in [0.15, 0.2) is 11.4 Å². The number of para-hydroxylation sites is 2. The average Bonchev–Trinajstić information content (AvgIpc) is 3.30. The number of amides is 1. The molecule has 0 saturated heterocycles. The number of aromatic nitrogens is 4. The number of aliphatic hydroxyl groups excluding tert-OH is 1. The molecule has 3 heterocycles. The van der Waals surface area contributed by atoms with Crippen LogP contribution in [0.15, 0.2) is 77.0 Å². The number of aliphatic hydroxyl groups is 1. The first kappa shape index (κ1) is 17.0. The summed E-state index contributed by atoms with van der Waals surface area (Å²) in [6, 6.07) is 16.3. The van der Waals surface area contributed by atoms with E-state index in [1.165, 1.54) is 17.4 Å². The smallest absolute Gasteiger partial charge is 0.285 e. The molecular weight excluding hydrogens is 372 g/mol. The largest absolute Gasteiger partial charge is 0.376 e. The fourth-order valence-corrected chi connectivity index (χ4v) is 3.34. The Morgan fingerprint density at radius 1 is 1.00 bits per heavy atom. The molecule has 142 valence electrons. The molecule has 4 aromatic rings. The van der Waals surface area contributed by atoms with E-state index in [1.54, 1.807) is 28.9 Å². The standard InChI is InChI=1S/C20H14N6O3/c27-12-24-16-9-5-4-8-14(16)17(20(24)29)23-25-11-21-18-15(19(25)28)10-22-26(18)13-6-2-1-3-7-13/h1-11,27H,12H2/b23-17-. The summed E-state index contributed by atoms with van der Waals surface area (Å²) < 4.78 is 2.59. The SMILES string of the molecule is O=C1/C(=N\n2cnc3c(cnn3-c3ccccc3)c2=O)c2ccccc2N1CO. The third-order valence-electron chi connectivity index (χ3n) is 4.72. The van der Waals surface area contributed by atoms with Crippen LogP contribution in [0.5, 0.6) is 0 Å². The van der Waals surface area contributed by atoms with Crippen molar-refractivity contribution in [3.8, 4) is 5.69 Å². The van der Waals surface area contributed by atoms with Gasteiger partial charge in [-0.25, -0.2) is 9.67 Å². The van der Waals surface area contributed by atoms with Crippen LogP contribution in [0, 0.1) is 0 Å². The van der Waals surface area contributed by atoms with E-state index < -0.39 is 18.2 Å². The van der Waals surface area contributed by atoms with Crippen molar-refractivity contribution in [3.63, 3.8) is 0 Å². The summed E-state index contributed by atoms with van der Waals surface area (Å²) in [6.07, 6.45) is 2.69. The van der Waals surface area contributed by atoms with E-state index >= 15 is 0 Å². The van der Waals surface area contributed by atoms with Gasteiger partial charge < -0.3 is 5.11 Å². The first-order valence-corrected chi connectivity index (χ1v) is 8.81. The van der Waals surface area contributed by atoms with E-state index in [-0.39, 0.29) is 11.1 Å². The van der Waals surface area contributed by atoms with Crippen LogP contribution in [0.3, 0.4) is 0 Å². The Balaban J connectivity index is 1.65. The van der Waals surface area contributed by atoms with Crippen LogP contribution in [-0.4, -0.2) is 42.9 Å². The van der Waals surface area contributed by atoms with Gasteiger partial charge >= 0.3 is 0 Å². The highest BCUT2D eigenvalue weighted by atomic mass is 16.3. The summed E-state index contributed by atoms with van der Waals surface area (Å²) >= 11 is 0. The molecule has 1 aliphatic rings. The van der Waals surface area contributed by atoms with Crippen LogP contribution in [0.1, 0.15) is 5.56 Å². The van der Waals surface area contributed by atoms with E-state index in [2.05, 4.69) is 15.2 Å². The van der Waals surface area contributed by atoms with E-state index in [4.69, 9.17) is 0 Å². The number of fused-ring (bicyclic) bond motifs is 2. The number of anilines is 1. The average molecular weight is 386 g/mol. The van der Waals surface area contributed by atoms with E-state index in [9.17, 15) is 14.7 Å². The molecule has 2 aromatic heterocycles. The van der Waals surface area contributed by atoms with Crippen LogP contribution in [0.25, 0.3) is 16.7 Å². The van der Waals surface area contributed by atoms with Crippen LogP contribution in [0.4, 0.5) is 5.69 Å². The number of hydrogen-bond acceptors (Lipinski definition) is 6. The summed E-state index contributed by atoms with van der Waals surface area (Å²) in [7, 11) is 0. The summed E-state index contributed by atoms with van der Waals surface area (Å²) in [5.74, 6) is -0.485. The van der Waals surface area contributed by atoms with Gasteiger partial charge in [0.25, 0.3) is 11.5 Å². The zero-order chi connectivity index (χ0) is 20.0. The predicted molar refractivity (Wildman–Crippen MR) is 106 cm³/mol. The molecule has 9 nitrogen and oxygen atoms in total. The summed E-state index contributed by atoms with van der Waals surface area (Å²) in [4.78, 5) is 31.1. The Hall–Kier alpha value is -4.11. The number of carbonyl (C=O) groups is 1. The normalized spacial score (nSPS) is 14.7. The second-order valence-corrected chi connectivity index (χ2v) is 6.36. The van der Waals surface area contributed by atoms with E-state index in [0.717, 1.165) is 10.4 Å². The summed E-state index contributed by atoms with van der Waals surface area (Å²) in [5, 5.41) is 18.3. The summed E-state index contributed by atoms with van der Waals surface area (Å²) in [5.41, 5.74) is 1.87. The Morgan fingerprint density at radius 3 is 2.55 bits per heavy atom. The molecule has 2 aromatic carbocycles. The van der Waals surface area contributed by atoms with Gasteiger partial charge in [-0.05, 0) is 18.2 Å². The lowest BCUT2D eigenvalue weighted by Gasteiger charge is -2.11. The molecule has 0 aliphatic carbocycles. The Morgan fingerprint density at radius 2 is 1.76 bits per heavy atom. The molecule has 0 unspecified atom stereocenters. The van der Waals surface area contributed by atoms with Crippen molar-refractivity contribution in [1.82, 2.24) is 19.4 Å². The first-order chi connectivity index (χ1) is 14.2. The van der Waals surface area contributed by atoms with Gasteiger partial charge in [0.2, 0.25) is 0 Å². The molecule has 0 atom stereocenters. The quantitative estimate of drug-likeness (QED) is 0.568. The molecule has 1 amide bonds. The molecule has 0 saturated carbocycles. The molecule has 0 spiro atoms. The molecule has 0 bridgehead atoms.